The first-order chi connectivity index (χ1) is 9.74. The molecule has 0 spiro atoms. The quantitative estimate of drug-likeness (QED) is 0.675. The number of benzene rings is 1. The number of carbonyl (C=O) groups is 3. The number of amides is 2. The Hall–Kier alpha value is -2.41. The van der Waals surface area contributed by atoms with Gasteiger partial charge in [-0.15, -0.1) is 0 Å². The zero-order valence-electron chi connectivity index (χ0n) is 12.2. The van der Waals surface area contributed by atoms with Crippen LogP contribution in [0.5, 0.6) is 0 Å². The van der Waals surface area contributed by atoms with Crippen molar-refractivity contribution in [1.82, 2.24) is 5.32 Å². The fourth-order valence-electron chi connectivity index (χ4n) is 1.32. The monoisotopic (exact) mass is 293 g/mol. The van der Waals surface area contributed by atoms with E-state index in [1.807, 2.05) is 0 Å². The maximum absolute atomic E-state index is 11.7. The molecule has 0 atom stereocenters. The highest BCUT2D eigenvalue weighted by molar-refractivity contribution is 5.99. The molecule has 0 saturated carbocycles. The largest absolute Gasteiger partial charge is 0.468 e. The Kier molecular flexibility index (Phi) is 5.43. The number of nitrogens with two attached hydrogens (primary N) is 1. The van der Waals surface area contributed by atoms with Crippen LogP contribution in [0.25, 0.3) is 0 Å². The van der Waals surface area contributed by atoms with Crippen LogP contribution >= 0.6 is 0 Å². The van der Waals surface area contributed by atoms with Crippen molar-refractivity contribution >= 4 is 23.5 Å². The third-order valence-electron chi connectivity index (χ3n) is 2.61. The van der Waals surface area contributed by atoms with Crippen molar-refractivity contribution < 1.29 is 19.1 Å². The Morgan fingerprint density at radius 2 is 1.76 bits per heavy atom. The van der Waals surface area contributed by atoms with Gasteiger partial charge < -0.3 is 21.1 Å². The Balaban J connectivity index is 2.63. The number of hydrogen-bond acceptors (Lipinski definition) is 5. The lowest BCUT2D eigenvalue weighted by molar-refractivity contribution is -0.139. The van der Waals surface area contributed by atoms with Crippen LogP contribution in [0.15, 0.2) is 24.3 Å². The van der Waals surface area contributed by atoms with Gasteiger partial charge in [0.25, 0.3) is 5.91 Å². The molecular weight excluding hydrogens is 274 g/mol. The minimum atomic E-state index is -0.990. The summed E-state index contributed by atoms with van der Waals surface area (Å²) in [5, 5.41) is 5.05. The van der Waals surface area contributed by atoms with Crippen molar-refractivity contribution in [1.29, 1.82) is 0 Å². The molecule has 0 aliphatic heterocycles. The molecule has 7 heteroatoms. The predicted octanol–water partition coefficient (Wildman–Crippen LogP) is 0.265. The van der Waals surface area contributed by atoms with Crippen LogP contribution in [0.1, 0.15) is 24.2 Å². The van der Waals surface area contributed by atoms with E-state index in [4.69, 9.17) is 5.73 Å². The van der Waals surface area contributed by atoms with Crippen molar-refractivity contribution in [2.24, 2.45) is 5.73 Å². The average molecular weight is 293 g/mol. The van der Waals surface area contributed by atoms with Crippen molar-refractivity contribution in [2.45, 2.75) is 19.4 Å². The lowest BCUT2D eigenvalue weighted by Gasteiger charge is -2.17. The maximum atomic E-state index is 11.7. The third-order valence-corrected chi connectivity index (χ3v) is 2.61. The van der Waals surface area contributed by atoms with Gasteiger partial charge in [-0.3, -0.25) is 14.4 Å². The number of hydrogen-bond donors (Lipinski definition) is 3. The fourth-order valence-corrected chi connectivity index (χ4v) is 1.32. The van der Waals surface area contributed by atoms with E-state index in [9.17, 15) is 14.4 Å². The molecule has 4 N–H and O–H groups in total. The number of carbonyl (C=O) groups excluding carboxylic acids is 3. The lowest BCUT2D eigenvalue weighted by Crippen LogP contribution is -2.45. The van der Waals surface area contributed by atoms with E-state index in [1.54, 1.807) is 26.0 Å². The highest BCUT2D eigenvalue weighted by Crippen LogP contribution is 2.11. The molecule has 0 aliphatic rings. The number of rotatable bonds is 5. The summed E-state index contributed by atoms with van der Waals surface area (Å²) in [4.78, 5) is 34.3. The summed E-state index contributed by atoms with van der Waals surface area (Å²) in [6.07, 6.45) is 0. The van der Waals surface area contributed by atoms with Crippen LogP contribution in [0, 0.1) is 0 Å². The highest BCUT2D eigenvalue weighted by Gasteiger charge is 2.21. The number of anilines is 1. The summed E-state index contributed by atoms with van der Waals surface area (Å²) >= 11 is 0. The van der Waals surface area contributed by atoms with Crippen LogP contribution in [0.2, 0.25) is 0 Å². The first kappa shape index (κ1) is 16.6. The molecule has 1 rings (SSSR count). The summed E-state index contributed by atoms with van der Waals surface area (Å²) in [5.41, 5.74) is 5.57. The van der Waals surface area contributed by atoms with Crippen LogP contribution in [0.3, 0.4) is 0 Å². The molecule has 0 heterocycles. The van der Waals surface area contributed by atoms with Crippen LogP contribution in [-0.2, 0) is 14.3 Å². The number of esters is 1. The number of ether oxygens (including phenoxy) is 1. The number of methoxy groups -OCH3 is 1. The SMILES string of the molecule is COC(=O)CNC(=O)c1ccc(NC(=O)C(C)(C)N)cc1. The topological polar surface area (TPSA) is 111 Å². The van der Waals surface area contributed by atoms with E-state index in [2.05, 4.69) is 15.4 Å². The van der Waals surface area contributed by atoms with Gasteiger partial charge in [-0.1, -0.05) is 0 Å². The van der Waals surface area contributed by atoms with E-state index in [0.717, 1.165) is 0 Å². The normalized spacial score (nSPS) is 10.7. The molecule has 7 nitrogen and oxygen atoms in total. The van der Waals surface area contributed by atoms with E-state index < -0.39 is 17.4 Å². The highest BCUT2D eigenvalue weighted by atomic mass is 16.5. The van der Waals surface area contributed by atoms with Gasteiger partial charge in [0.05, 0.1) is 12.6 Å². The van der Waals surface area contributed by atoms with Crippen molar-refractivity contribution in [3.8, 4) is 0 Å². The molecule has 21 heavy (non-hydrogen) atoms. The van der Waals surface area contributed by atoms with Crippen molar-refractivity contribution in [3.63, 3.8) is 0 Å². The minimum Gasteiger partial charge on any atom is -0.468 e. The predicted molar refractivity (Wildman–Crippen MR) is 77.7 cm³/mol. The molecule has 0 aromatic heterocycles. The zero-order chi connectivity index (χ0) is 16.0. The first-order valence-corrected chi connectivity index (χ1v) is 6.29. The van der Waals surface area contributed by atoms with Crippen molar-refractivity contribution in [2.75, 3.05) is 19.0 Å². The maximum Gasteiger partial charge on any atom is 0.325 e. The summed E-state index contributed by atoms with van der Waals surface area (Å²) in [6.45, 7) is 2.99. The van der Waals surface area contributed by atoms with Gasteiger partial charge in [-0.25, -0.2) is 0 Å². The Bertz CT molecular complexity index is 532. The summed E-state index contributed by atoms with van der Waals surface area (Å²) in [5.74, 6) is -1.26. The molecular formula is C14H19N3O4. The fraction of sp³-hybridized carbons (Fsp3) is 0.357. The van der Waals surface area contributed by atoms with Gasteiger partial charge in [0.15, 0.2) is 0 Å². The van der Waals surface area contributed by atoms with Gasteiger partial charge in [-0.2, -0.15) is 0 Å². The summed E-state index contributed by atoms with van der Waals surface area (Å²) < 4.78 is 4.42. The van der Waals surface area contributed by atoms with Crippen molar-refractivity contribution in [3.05, 3.63) is 29.8 Å². The van der Waals surface area contributed by atoms with Crippen LogP contribution in [0.4, 0.5) is 5.69 Å². The smallest absolute Gasteiger partial charge is 0.325 e. The Labute approximate surface area is 122 Å². The molecule has 1 aromatic rings. The van der Waals surface area contributed by atoms with Crippen LogP contribution in [-0.4, -0.2) is 37.0 Å². The second-order valence-electron chi connectivity index (χ2n) is 5.01. The van der Waals surface area contributed by atoms with Gasteiger partial charge >= 0.3 is 5.97 Å². The minimum absolute atomic E-state index is 0.199. The molecule has 0 bridgehead atoms. The van der Waals surface area contributed by atoms with Gasteiger partial charge in [0.2, 0.25) is 5.91 Å². The first-order valence-electron chi connectivity index (χ1n) is 6.29. The summed E-state index contributed by atoms with van der Waals surface area (Å²) in [7, 11) is 1.24. The van der Waals surface area contributed by atoms with Gasteiger partial charge in [0.1, 0.15) is 6.54 Å². The molecule has 1 aromatic carbocycles. The molecule has 2 amide bonds. The summed E-state index contributed by atoms with van der Waals surface area (Å²) in [6, 6.07) is 6.23. The molecule has 0 saturated heterocycles. The molecule has 0 radical (unpaired) electrons. The van der Waals surface area contributed by atoms with Gasteiger partial charge in [-0.05, 0) is 38.1 Å². The Morgan fingerprint density at radius 1 is 1.19 bits per heavy atom. The molecule has 0 aliphatic carbocycles. The van der Waals surface area contributed by atoms with E-state index in [-0.39, 0.29) is 12.5 Å². The number of nitrogens with one attached hydrogen (secondary N) is 2. The average Bonchev–Trinajstić information content (AvgIpc) is 2.44. The van der Waals surface area contributed by atoms with E-state index in [0.29, 0.717) is 11.3 Å². The lowest BCUT2D eigenvalue weighted by atomic mass is 10.1. The standard InChI is InChI=1S/C14H19N3O4/c1-14(2,15)13(20)17-10-6-4-9(5-7-10)12(19)16-8-11(18)21-3/h4-7H,8,15H2,1-3H3,(H,16,19)(H,17,20). The zero-order valence-corrected chi connectivity index (χ0v) is 12.2. The third kappa shape index (κ3) is 5.23. The molecule has 0 unspecified atom stereocenters. The van der Waals surface area contributed by atoms with Crippen LogP contribution < -0.4 is 16.4 Å². The second-order valence-corrected chi connectivity index (χ2v) is 5.01. The Morgan fingerprint density at radius 3 is 2.24 bits per heavy atom. The van der Waals surface area contributed by atoms with E-state index >= 15 is 0 Å². The molecule has 0 fully saturated rings. The van der Waals surface area contributed by atoms with Gasteiger partial charge in [0, 0.05) is 11.3 Å². The molecule has 114 valence electrons. The second kappa shape index (κ2) is 6.85. The van der Waals surface area contributed by atoms with E-state index in [1.165, 1.54) is 19.2 Å².